The number of aromatic amines is 1. The molecule has 2 unspecified atom stereocenters. The fraction of sp³-hybridized carbons (Fsp3) is 0.462. The highest BCUT2D eigenvalue weighted by molar-refractivity contribution is 5.70. The van der Waals surface area contributed by atoms with Crippen molar-refractivity contribution >= 4 is 17.1 Å². The number of rotatable bonds is 2. The van der Waals surface area contributed by atoms with Crippen molar-refractivity contribution in [2.75, 3.05) is 5.73 Å². The molecule has 1 saturated heterocycles. The van der Waals surface area contributed by atoms with Gasteiger partial charge >= 0.3 is 0 Å². The van der Waals surface area contributed by atoms with Crippen LogP contribution in [-0.4, -0.2) is 58.8 Å². The molecule has 122 valence electrons. The van der Waals surface area contributed by atoms with E-state index < -0.39 is 35.7 Å². The highest BCUT2D eigenvalue weighted by Gasteiger charge is 2.57. The monoisotopic (exact) mass is 321 g/mol. The molecule has 0 spiro atoms. The van der Waals surface area contributed by atoms with E-state index in [0.717, 1.165) is 0 Å². The maximum Gasteiger partial charge on any atom is 0.280 e. The number of aliphatic hydroxyl groups is 3. The van der Waals surface area contributed by atoms with E-state index in [9.17, 15) is 20.1 Å². The van der Waals surface area contributed by atoms with Gasteiger partial charge < -0.3 is 25.8 Å². The van der Waals surface area contributed by atoms with Gasteiger partial charge in [-0.25, -0.2) is 4.98 Å². The van der Waals surface area contributed by atoms with Gasteiger partial charge in [-0.05, 0) is 6.92 Å². The average molecular weight is 321 g/mol. The number of hydrogen-bond donors (Lipinski definition) is 5. The second kappa shape index (κ2) is 5.04. The number of ether oxygens (including phenoxy) is 1. The van der Waals surface area contributed by atoms with E-state index in [1.807, 2.05) is 0 Å². The summed E-state index contributed by atoms with van der Waals surface area (Å²) in [4.78, 5) is 22.0. The summed E-state index contributed by atoms with van der Waals surface area (Å²) in [6, 6.07) is 0. The summed E-state index contributed by atoms with van der Waals surface area (Å²) in [5, 5.41) is 30.5. The van der Waals surface area contributed by atoms with Gasteiger partial charge in [0.2, 0.25) is 5.95 Å². The lowest BCUT2D eigenvalue weighted by molar-refractivity contribution is -0.0846. The van der Waals surface area contributed by atoms with E-state index in [4.69, 9.17) is 16.9 Å². The number of aliphatic hydroxyl groups excluding tert-OH is 2. The number of H-pyrrole nitrogens is 1. The Kier molecular flexibility index (Phi) is 3.38. The fourth-order valence-corrected chi connectivity index (χ4v) is 2.65. The summed E-state index contributed by atoms with van der Waals surface area (Å²) in [7, 11) is 0. The molecule has 3 rings (SSSR count). The molecule has 23 heavy (non-hydrogen) atoms. The molecule has 1 aliphatic heterocycles. The lowest BCUT2D eigenvalue weighted by atomic mass is 9.93. The van der Waals surface area contributed by atoms with Crippen LogP contribution in [-0.2, 0) is 4.74 Å². The maximum atomic E-state index is 11.8. The molecule has 5 atom stereocenters. The minimum Gasteiger partial charge on any atom is -0.391 e. The van der Waals surface area contributed by atoms with Crippen molar-refractivity contribution in [3.8, 4) is 12.3 Å². The van der Waals surface area contributed by atoms with Crippen molar-refractivity contribution in [3.63, 3.8) is 0 Å². The lowest BCUT2D eigenvalue weighted by Crippen LogP contribution is -2.47. The zero-order valence-electron chi connectivity index (χ0n) is 12.0. The summed E-state index contributed by atoms with van der Waals surface area (Å²) >= 11 is 0. The predicted molar refractivity (Wildman–Crippen MR) is 77.9 cm³/mol. The van der Waals surface area contributed by atoms with Crippen molar-refractivity contribution in [1.29, 1.82) is 0 Å². The van der Waals surface area contributed by atoms with Gasteiger partial charge in [-0.1, -0.05) is 5.92 Å². The molecule has 0 aliphatic carbocycles. The van der Waals surface area contributed by atoms with Crippen LogP contribution in [0.3, 0.4) is 0 Å². The molecule has 0 bridgehead atoms. The van der Waals surface area contributed by atoms with Crippen LogP contribution < -0.4 is 11.3 Å². The Morgan fingerprint density at radius 1 is 1.65 bits per heavy atom. The Balaban J connectivity index is 2.18. The average Bonchev–Trinajstić information content (AvgIpc) is 3.00. The molecule has 0 aromatic carbocycles. The first-order valence-electron chi connectivity index (χ1n) is 6.73. The number of nitrogens with zero attached hydrogens (tertiary/aromatic N) is 3. The van der Waals surface area contributed by atoms with E-state index in [2.05, 4.69) is 20.9 Å². The fourth-order valence-electron chi connectivity index (χ4n) is 2.65. The van der Waals surface area contributed by atoms with Gasteiger partial charge in [-0.2, -0.15) is 4.98 Å². The second-order valence-corrected chi connectivity index (χ2v) is 5.38. The smallest absolute Gasteiger partial charge is 0.280 e. The number of aromatic nitrogens is 4. The zero-order chi connectivity index (χ0) is 16.9. The number of anilines is 1. The van der Waals surface area contributed by atoms with Crippen LogP contribution in [0, 0.1) is 12.3 Å². The minimum absolute atomic E-state index is 0.0304. The van der Waals surface area contributed by atoms with Crippen molar-refractivity contribution in [1.82, 2.24) is 19.5 Å². The Labute approximate surface area is 129 Å². The third kappa shape index (κ3) is 2.10. The summed E-state index contributed by atoms with van der Waals surface area (Å²) in [5.74, 6) is 1.93. The van der Waals surface area contributed by atoms with Crippen LogP contribution in [0.5, 0.6) is 0 Å². The summed E-state index contributed by atoms with van der Waals surface area (Å²) < 4.78 is 6.71. The van der Waals surface area contributed by atoms with E-state index >= 15 is 0 Å². The third-order valence-corrected chi connectivity index (χ3v) is 3.83. The maximum absolute atomic E-state index is 11.8. The summed E-state index contributed by atoms with van der Waals surface area (Å²) in [5.41, 5.74) is 2.80. The quantitative estimate of drug-likeness (QED) is 0.386. The largest absolute Gasteiger partial charge is 0.391 e. The molecular weight excluding hydrogens is 306 g/mol. The van der Waals surface area contributed by atoms with Gasteiger partial charge in [0.25, 0.3) is 5.56 Å². The van der Waals surface area contributed by atoms with Crippen molar-refractivity contribution in [2.45, 2.75) is 37.1 Å². The predicted octanol–water partition coefficient (Wildman–Crippen LogP) is -2.29. The van der Waals surface area contributed by atoms with Crippen LogP contribution in [0.15, 0.2) is 11.1 Å². The number of imidazole rings is 1. The first kappa shape index (κ1) is 15.4. The number of nitrogens with two attached hydrogens (primary N) is 1. The molecule has 2 aromatic rings. The zero-order valence-corrected chi connectivity index (χ0v) is 12.0. The third-order valence-electron chi connectivity index (χ3n) is 3.83. The Morgan fingerprint density at radius 2 is 2.35 bits per heavy atom. The van der Waals surface area contributed by atoms with Crippen molar-refractivity contribution < 1.29 is 20.1 Å². The molecule has 0 radical (unpaired) electrons. The standard InChI is InChI=1S/C13H15N5O5/c1-3-13(22)8(20)7(5(2)19)23-11(13)18-4-15-6-9(18)16-12(14)17-10(6)21/h1,4-5,7-8,11,19-20,22H,2H3,(H3,14,16,17,21)/t5-,7-,8?,11-,13?/m1/s1. The van der Waals surface area contributed by atoms with Crippen molar-refractivity contribution in [2.24, 2.45) is 0 Å². The van der Waals surface area contributed by atoms with Crippen LogP contribution in [0.2, 0.25) is 0 Å². The topological polar surface area (TPSA) is 160 Å². The summed E-state index contributed by atoms with van der Waals surface area (Å²) in [6.07, 6.45) is 1.47. The molecule has 2 aromatic heterocycles. The molecule has 1 aliphatic rings. The number of hydrogen-bond acceptors (Lipinski definition) is 8. The molecule has 0 amide bonds. The highest BCUT2D eigenvalue weighted by Crippen LogP contribution is 2.40. The SMILES string of the molecule is C#CC1(O)C(O)[C@@H]([C@@H](C)O)O[C@H]1n1cnc2c(=O)[nH]c(N)nc21. The Hall–Kier alpha value is -2.45. The summed E-state index contributed by atoms with van der Waals surface area (Å²) in [6.45, 7) is 1.39. The normalized spacial score (nSPS) is 32.0. The van der Waals surface area contributed by atoms with E-state index in [0.29, 0.717) is 0 Å². The number of fused-ring (bicyclic) bond motifs is 1. The van der Waals surface area contributed by atoms with E-state index in [1.54, 1.807) is 0 Å². The van der Waals surface area contributed by atoms with Crippen LogP contribution >= 0.6 is 0 Å². The van der Waals surface area contributed by atoms with Crippen LogP contribution in [0.4, 0.5) is 5.95 Å². The van der Waals surface area contributed by atoms with Crippen molar-refractivity contribution in [3.05, 3.63) is 16.7 Å². The molecular formula is C13H15N5O5. The molecule has 10 nitrogen and oxygen atoms in total. The number of terminal acetylenes is 1. The molecule has 1 fully saturated rings. The van der Waals surface area contributed by atoms with Gasteiger partial charge in [0, 0.05) is 0 Å². The second-order valence-electron chi connectivity index (χ2n) is 5.38. The van der Waals surface area contributed by atoms with E-state index in [-0.39, 0.29) is 17.1 Å². The molecule has 3 heterocycles. The Bertz CT molecular complexity index is 853. The molecule has 6 N–H and O–H groups in total. The van der Waals surface area contributed by atoms with Crippen LogP contribution in [0.1, 0.15) is 13.2 Å². The van der Waals surface area contributed by atoms with Gasteiger partial charge in [0.1, 0.15) is 12.2 Å². The van der Waals surface area contributed by atoms with Gasteiger partial charge in [0.05, 0.1) is 12.4 Å². The first-order chi connectivity index (χ1) is 10.8. The number of nitrogen functional groups attached to an aromatic ring is 1. The lowest BCUT2D eigenvalue weighted by Gasteiger charge is -2.26. The van der Waals surface area contributed by atoms with Gasteiger partial charge in [0.15, 0.2) is 23.0 Å². The van der Waals surface area contributed by atoms with Gasteiger partial charge in [-0.3, -0.25) is 14.3 Å². The minimum atomic E-state index is -2.14. The van der Waals surface area contributed by atoms with Gasteiger partial charge in [-0.15, -0.1) is 6.42 Å². The van der Waals surface area contributed by atoms with E-state index in [1.165, 1.54) is 17.8 Å². The van der Waals surface area contributed by atoms with Crippen LogP contribution in [0.25, 0.3) is 11.2 Å². The highest BCUT2D eigenvalue weighted by atomic mass is 16.6. The number of nitrogens with one attached hydrogen (secondary N) is 1. The Morgan fingerprint density at radius 3 is 2.96 bits per heavy atom. The first-order valence-corrected chi connectivity index (χ1v) is 6.73. The molecule has 0 saturated carbocycles. The molecule has 10 heteroatoms.